The highest BCUT2D eigenvalue weighted by molar-refractivity contribution is 5.92. The molecule has 2 heterocycles. The van der Waals surface area contributed by atoms with Crippen molar-refractivity contribution in [2.75, 3.05) is 6.54 Å². The Morgan fingerprint density at radius 1 is 1.05 bits per heavy atom. The molecule has 2 aromatic carbocycles. The van der Waals surface area contributed by atoms with E-state index < -0.39 is 53.1 Å². The zero-order valence-electron chi connectivity index (χ0n) is 21.0. The number of carboxylic acids is 1. The number of para-hydroxylation sites is 1. The predicted octanol–water partition coefficient (Wildman–Crippen LogP) is 0.300. The lowest BCUT2D eigenvalue weighted by Crippen LogP contribution is -2.54. The molecule has 3 atom stereocenters. The molecule has 3 amide bonds. The van der Waals surface area contributed by atoms with Crippen LogP contribution in [0.4, 0.5) is 0 Å². The number of hydrogen-bond acceptors (Lipinski definition) is 6. The number of hydrogen-bond donors (Lipinski definition) is 4. The van der Waals surface area contributed by atoms with Gasteiger partial charge in [-0.2, -0.15) is 0 Å². The molecule has 0 unspecified atom stereocenters. The average Bonchev–Trinajstić information content (AvgIpc) is 3.41. The molecular formula is C27H29N5O7. The first-order valence-corrected chi connectivity index (χ1v) is 12.6. The van der Waals surface area contributed by atoms with Crippen LogP contribution in [-0.2, 0) is 25.6 Å². The third-order valence-electron chi connectivity index (χ3n) is 6.84. The van der Waals surface area contributed by atoms with Gasteiger partial charge in [0.2, 0.25) is 17.7 Å². The molecule has 1 aliphatic rings. The Morgan fingerprint density at radius 2 is 1.74 bits per heavy atom. The summed E-state index contributed by atoms with van der Waals surface area (Å²) in [7, 11) is 0. The SMILES string of the molecule is NC(=O)CC[C@H](NC(=O)[C@H](Cc1ccccc1)n1c(=O)[nH]c2ccccc2c1=O)C(=O)N1CCC[C@H]1C(=O)O. The Hall–Kier alpha value is -4.74. The van der Waals surface area contributed by atoms with E-state index in [1.807, 2.05) is 0 Å². The Balaban J connectivity index is 1.73. The Bertz CT molecular complexity index is 1510. The monoisotopic (exact) mass is 535 g/mol. The quantitative estimate of drug-likeness (QED) is 0.287. The molecule has 0 radical (unpaired) electrons. The van der Waals surface area contributed by atoms with Crippen LogP contribution in [0.2, 0.25) is 0 Å². The molecule has 12 heteroatoms. The van der Waals surface area contributed by atoms with Gasteiger partial charge in [0.1, 0.15) is 18.1 Å². The number of carbonyl (C=O) groups is 4. The lowest BCUT2D eigenvalue weighted by atomic mass is 10.0. The van der Waals surface area contributed by atoms with Crippen molar-refractivity contribution < 1.29 is 24.3 Å². The van der Waals surface area contributed by atoms with Gasteiger partial charge in [-0.1, -0.05) is 42.5 Å². The molecule has 0 spiro atoms. The number of carboxylic acid groups (broad SMARTS) is 1. The summed E-state index contributed by atoms with van der Waals surface area (Å²) < 4.78 is 0.816. The third kappa shape index (κ3) is 6.06. The average molecular weight is 536 g/mol. The lowest BCUT2D eigenvalue weighted by molar-refractivity contribution is -0.149. The van der Waals surface area contributed by atoms with Crippen molar-refractivity contribution in [3.63, 3.8) is 0 Å². The molecule has 0 saturated carbocycles. The highest BCUT2D eigenvalue weighted by Gasteiger charge is 2.38. The maximum absolute atomic E-state index is 13.8. The summed E-state index contributed by atoms with van der Waals surface area (Å²) in [5.74, 6) is -3.36. The first-order chi connectivity index (χ1) is 18.7. The molecule has 5 N–H and O–H groups in total. The molecule has 1 aliphatic heterocycles. The van der Waals surface area contributed by atoms with E-state index in [4.69, 9.17) is 5.73 Å². The maximum atomic E-state index is 13.8. The third-order valence-corrected chi connectivity index (χ3v) is 6.84. The molecule has 1 saturated heterocycles. The second-order valence-electron chi connectivity index (χ2n) is 9.45. The first kappa shape index (κ1) is 27.3. The van der Waals surface area contributed by atoms with Gasteiger partial charge in [0.05, 0.1) is 10.9 Å². The minimum atomic E-state index is -1.36. The number of likely N-dealkylation sites (tertiary alicyclic amines) is 1. The van der Waals surface area contributed by atoms with E-state index in [1.54, 1.807) is 48.5 Å². The number of carbonyl (C=O) groups excluding carboxylic acids is 3. The van der Waals surface area contributed by atoms with E-state index in [0.717, 1.165) is 9.47 Å². The van der Waals surface area contributed by atoms with E-state index >= 15 is 0 Å². The van der Waals surface area contributed by atoms with Crippen LogP contribution < -0.4 is 22.3 Å². The van der Waals surface area contributed by atoms with E-state index in [9.17, 15) is 33.9 Å². The Labute approximate surface area is 222 Å². The number of nitrogens with two attached hydrogens (primary N) is 1. The molecular weight excluding hydrogens is 506 g/mol. The number of nitrogens with zero attached hydrogens (tertiary/aromatic N) is 2. The number of aromatic amines is 1. The van der Waals surface area contributed by atoms with Gasteiger partial charge >= 0.3 is 11.7 Å². The number of benzene rings is 2. The van der Waals surface area contributed by atoms with Crippen LogP contribution >= 0.6 is 0 Å². The second kappa shape index (κ2) is 11.8. The van der Waals surface area contributed by atoms with E-state index in [-0.39, 0.29) is 37.6 Å². The molecule has 3 aromatic rings. The van der Waals surface area contributed by atoms with Crippen LogP contribution in [-0.4, -0.2) is 61.9 Å². The molecule has 0 bridgehead atoms. The summed E-state index contributed by atoms with van der Waals surface area (Å²) in [5.41, 5.74) is 4.76. The highest BCUT2D eigenvalue weighted by Crippen LogP contribution is 2.21. The van der Waals surface area contributed by atoms with Gasteiger partial charge in [0.25, 0.3) is 5.56 Å². The standard InChI is InChI=1S/C27H29N5O7/c28-22(33)13-12-19(25(36)31-14-6-11-20(31)26(37)38)29-23(34)21(15-16-7-2-1-3-8-16)32-24(35)17-9-4-5-10-18(17)30-27(32)39/h1-5,7-10,19-21H,6,11-15H2,(H2,28,33)(H,29,34)(H,30,39)(H,37,38)/t19-,20-,21-/m0/s1. The van der Waals surface area contributed by atoms with Gasteiger partial charge < -0.3 is 26.0 Å². The molecule has 12 nitrogen and oxygen atoms in total. The summed E-state index contributed by atoms with van der Waals surface area (Å²) in [4.78, 5) is 80.6. The zero-order valence-corrected chi connectivity index (χ0v) is 21.0. The lowest BCUT2D eigenvalue weighted by Gasteiger charge is -2.28. The molecule has 1 aromatic heterocycles. The maximum Gasteiger partial charge on any atom is 0.329 e. The largest absolute Gasteiger partial charge is 0.480 e. The molecule has 4 rings (SSSR count). The number of rotatable bonds is 10. The fraction of sp³-hybridized carbons (Fsp3) is 0.333. The van der Waals surface area contributed by atoms with Crippen molar-refractivity contribution in [3.05, 3.63) is 81.0 Å². The molecule has 1 fully saturated rings. The number of primary amides is 1. The van der Waals surface area contributed by atoms with Gasteiger partial charge in [-0.15, -0.1) is 0 Å². The summed E-state index contributed by atoms with van der Waals surface area (Å²) in [6.45, 7) is 0.177. The number of H-pyrrole nitrogens is 1. The van der Waals surface area contributed by atoms with Crippen LogP contribution in [0.15, 0.2) is 64.2 Å². The van der Waals surface area contributed by atoms with Crippen LogP contribution in [0.5, 0.6) is 0 Å². The van der Waals surface area contributed by atoms with Crippen LogP contribution in [0.3, 0.4) is 0 Å². The number of amides is 3. The van der Waals surface area contributed by atoms with Crippen LogP contribution in [0, 0.1) is 0 Å². The van der Waals surface area contributed by atoms with Crippen LogP contribution in [0.25, 0.3) is 10.9 Å². The van der Waals surface area contributed by atoms with Crippen molar-refractivity contribution in [1.29, 1.82) is 0 Å². The second-order valence-corrected chi connectivity index (χ2v) is 9.45. The first-order valence-electron chi connectivity index (χ1n) is 12.6. The summed E-state index contributed by atoms with van der Waals surface area (Å²) in [5, 5.41) is 12.3. The highest BCUT2D eigenvalue weighted by atomic mass is 16.4. The topological polar surface area (TPSA) is 185 Å². The zero-order chi connectivity index (χ0) is 28.1. The summed E-state index contributed by atoms with van der Waals surface area (Å²) >= 11 is 0. The fourth-order valence-corrected chi connectivity index (χ4v) is 4.90. The number of aromatic nitrogens is 2. The van der Waals surface area contributed by atoms with Gasteiger partial charge in [0.15, 0.2) is 0 Å². The van der Waals surface area contributed by atoms with Gasteiger partial charge in [-0.05, 0) is 37.0 Å². The van der Waals surface area contributed by atoms with E-state index in [1.165, 1.54) is 6.07 Å². The van der Waals surface area contributed by atoms with E-state index in [0.29, 0.717) is 17.5 Å². The van der Waals surface area contributed by atoms with Crippen molar-refractivity contribution in [1.82, 2.24) is 19.8 Å². The Morgan fingerprint density at radius 3 is 2.44 bits per heavy atom. The molecule has 204 valence electrons. The number of aliphatic carboxylic acids is 1. The Kier molecular flexibility index (Phi) is 8.23. The minimum absolute atomic E-state index is 0.0494. The molecule has 39 heavy (non-hydrogen) atoms. The van der Waals surface area contributed by atoms with Crippen molar-refractivity contribution in [3.8, 4) is 0 Å². The molecule has 0 aliphatic carbocycles. The van der Waals surface area contributed by atoms with Gasteiger partial charge in [-0.3, -0.25) is 19.2 Å². The smallest absolute Gasteiger partial charge is 0.329 e. The summed E-state index contributed by atoms with van der Waals surface area (Å²) in [6, 6.07) is 11.4. The normalized spacial score (nSPS) is 16.5. The summed E-state index contributed by atoms with van der Waals surface area (Å²) in [6.07, 6.45) is 0.256. The number of fused-ring (bicyclic) bond motifs is 1. The van der Waals surface area contributed by atoms with Gasteiger partial charge in [-0.25, -0.2) is 14.2 Å². The van der Waals surface area contributed by atoms with Gasteiger partial charge in [0, 0.05) is 19.4 Å². The van der Waals surface area contributed by atoms with E-state index in [2.05, 4.69) is 10.3 Å². The fourth-order valence-electron chi connectivity index (χ4n) is 4.90. The van der Waals surface area contributed by atoms with Crippen molar-refractivity contribution in [2.45, 2.75) is 50.2 Å². The predicted molar refractivity (Wildman–Crippen MR) is 141 cm³/mol. The minimum Gasteiger partial charge on any atom is -0.480 e. The number of nitrogens with one attached hydrogen (secondary N) is 2. The van der Waals surface area contributed by atoms with Crippen molar-refractivity contribution >= 4 is 34.6 Å². The van der Waals surface area contributed by atoms with Crippen LogP contribution in [0.1, 0.15) is 37.3 Å². The van der Waals surface area contributed by atoms with Crippen molar-refractivity contribution in [2.24, 2.45) is 5.73 Å².